The lowest BCUT2D eigenvalue weighted by atomic mass is 10.1. The Morgan fingerprint density at radius 1 is 1.25 bits per heavy atom. The molecule has 1 aliphatic rings. The molecule has 0 aliphatic carbocycles. The zero-order valence-electron chi connectivity index (χ0n) is 11.2. The lowest BCUT2D eigenvalue weighted by Crippen LogP contribution is -2.21. The van der Waals surface area contributed by atoms with Gasteiger partial charge in [0.15, 0.2) is 0 Å². The highest BCUT2D eigenvalue weighted by atomic mass is 35.5. The van der Waals surface area contributed by atoms with Gasteiger partial charge in [-0.2, -0.15) is 0 Å². The summed E-state index contributed by atoms with van der Waals surface area (Å²) in [6.07, 6.45) is 0. The molecule has 0 saturated carbocycles. The molecule has 4 heteroatoms. The standard InChI is InChI=1S/C16H16ClNOS/c1-19-15-7-4-6-13(17)12(15)9-18-14-10-20-16-8-3-2-5-11(14)16/h2-8,14,18H,9-10H2,1H3. The monoisotopic (exact) mass is 305 g/mol. The molecule has 104 valence electrons. The van der Waals surface area contributed by atoms with Gasteiger partial charge in [0, 0.05) is 33.8 Å². The Morgan fingerprint density at radius 3 is 2.95 bits per heavy atom. The average Bonchev–Trinajstić information content (AvgIpc) is 2.89. The fraction of sp³-hybridized carbons (Fsp3) is 0.250. The van der Waals surface area contributed by atoms with Crippen LogP contribution in [0.5, 0.6) is 5.75 Å². The van der Waals surface area contributed by atoms with Crippen molar-refractivity contribution >= 4 is 23.4 Å². The largest absolute Gasteiger partial charge is 0.496 e. The van der Waals surface area contributed by atoms with Crippen LogP contribution in [0, 0.1) is 0 Å². The summed E-state index contributed by atoms with van der Waals surface area (Å²) in [4.78, 5) is 1.37. The van der Waals surface area contributed by atoms with Crippen molar-refractivity contribution in [3.05, 3.63) is 58.6 Å². The minimum Gasteiger partial charge on any atom is -0.496 e. The smallest absolute Gasteiger partial charge is 0.124 e. The Morgan fingerprint density at radius 2 is 2.10 bits per heavy atom. The second-order valence-corrected chi connectivity index (χ2v) is 6.17. The maximum Gasteiger partial charge on any atom is 0.124 e. The van der Waals surface area contributed by atoms with E-state index >= 15 is 0 Å². The van der Waals surface area contributed by atoms with Crippen LogP contribution in [0.25, 0.3) is 0 Å². The minimum atomic E-state index is 0.372. The van der Waals surface area contributed by atoms with Crippen LogP contribution in [0.1, 0.15) is 17.2 Å². The topological polar surface area (TPSA) is 21.3 Å². The van der Waals surface area contributed by atoms with Crippen LogP contribution in [-0.4, -0.2) is 12.9 Å². The number of ether oxygens (including phenoxy) is 1. The molecule has 3 rings (SSSR count). The van der Waals surface area contributed by atoms with E-state index in [4.69, 9.17) is 16.3 Å². The maximum absolute atomic E-state index is 6.27. The quantitative estimate of drug-likeness (QED) is 0.910. The predicted molar refractivity (Wildman–Crippen MR) is 84.8 cm³/mol. The van der Waals surface area contributed by atoms with Gasteiger partial charge in [-0.15, -0.1) is 11.8 Å². The summed E-state index contributed by atoms with van der Waals surface area (Å²) in [5.41, 5.74) is 2.40. The lowest BCUT2D eigenvalue weighted by Gasteiger charge is -2.16. The predicted octanol–water partition coefficient (Wildman–Crippen LogP) is 4.29. The van der Waals surface area contributed by atoms with Gasteiger partial charge in [0.25, 0.3) is 0 Å². The number of hydrogen-bond acceptors (Lipinski definition) is 3. The maximum atomic E-state index is 6.27. The van der Waals surface area contributed by atoms with Gasteiger partial charge in [0.1, 0.15) is 5.75 Å². The van der Waals surface area contributed by atoms with E-state index in [1.807, 2.05) is 30.0 Å². The van der Waals surface area contributed by atoms with Gasteiger partial charge < -0.3 is 10.1 Å². The first-order chi connectivity index (χ1) is 9.79. The first kappa shape index (κ1) is 13.8. The third kappa shape index (κ3) is 2.66. The van der Waals surface area contributed by atoms with E-state index in [0.29, 0.717) is 12.6 Å². The first-order valence-corrected chi connectivity index (χ1v) is 7.92. The highest BCUT2D eigenvalue weighted by molar-refractivity contribution is 7.99. The summed E-state index contributed by atoms with van der Waals surface area (Å²) in [6.45, 7) is 0.711. The van der Waals surface area contributed by atoms with Crippen molar-refractivity contribution in [3.8, 4) is 5.75 Å². The van der Waals surface area contributed by atoms with E-state index < -0.39 is 0 Å². The SMILES string of the molecule is COc1cccc(Cl)c1CNC1CSc2ccccc21. The van der Waals surface area contributed by atoms with Gasteiger partial charge in [-0.3, -0.25) is 0 Å². The fourth-order valence-corrected chi connectivity index (χ4v) is 3.89. The summed E-state index contributed by atoms with van der Waals surface area (Å²) in [5, 5.41) is 4.33. The van der Waals surface area contributed by atoms with Crippen molar-refractivity contribution in [1.29, 1.82) is 0 Å². The minimum absolute atomic E-state index is 0.372. The van der Waals surface area contributed by atoms with Gasteiger partial charge in [-0.05, 0) is 23.8 Å². The Kier molecular flexibility index (Phi) is 4.20. The molecule has 2 aromatic rings. The van der Waals surface area contributed by atoms with Crippen LogP contribution in [0.3, 0.4) is 0 Å². The second-order valence-electron chi connectivity index (χ2n) is 4.70. The van der Waals surface area contributed by atoms with Gasteiger partial charge in [0.2, 0.25) is 0 Å². The molecule has 0 aromatic heterocycles. The van der Waals surface area contributed by atoms with E-state index in [2.05, 4.69) is 29.6 Å². The summed E-state index contributed by atoms with van der Waals surface area (Å²) >= 11 is 8.17. The lowest BCUT2D eigenvalue weighted by molar-refractivity contribution is 0.406. The van der Waals surface area contributed by atoms with Crippen LogP contribution in [0.4, 0.5) is 0 Å². The molecule has 0 bridgehead atoms. The highest BCUT2D eigenvalue weighted by Gasteiger charge is 2.22. The summed E-state index contributed by atoms with van der Waals surface area (Å²) in [7, 11) is 1.68. The number of rotatable bonds is 4. The third-order valence-corrected chi connectivity index (χ3v) is 5.06. The van der Waals surface area contributed by atoms with Gasteiger partial charge in [-0.25, -0.2) is 0 Å². The third-order valence-electron chi connectivity index (χ3n) is 3.52. The van der Waals surface area contributed by atoms with Crippen LogP contribution in [-0.2, 0) is 6.54 Å². The number of nitrogens with one attached hydrogen (secondary N) is 1. The van der Waals surface area contributed by atoms with Crippen molar-refractivity contribution < 1.29 is 4.74 Å². The average molecular weight is 306 g/mol. The molecule has 1 aliphatic heterocycles. The number of hydrogen-bond donors (Lipinski definition) is 1. The van der Waals surface area contributed by atoms with Crippen molar-refractivity contribution in [2.45, 2.75) is 17.5 Å². The van der Waals surface area contributed by atoms with Crippen LogP contribution in [0.15, 0.2) is 47.4 Å². The number of thioether (sulfide) groups is 1. The van der Waals surface area contributed by atoms with Crippen LogP contribution in [0.2, 0.25) is 5.02 Å². The van der Waals surface area contributed by atoms with E-state index in [0.717, 1.165) is 22.1 Å². The normalized spacial score (nSPS) is 17.0. The molecule has 0 radical (unpaired) electrons. The van der Waals surface area contributed by atoms with E-state index in [1.165, 1.54) is 10.5 Å². The molecule has 1 N–H and O–H groups in total. The molecule has 0 spiro atoms. The molecular formula is C16H16ClNOS. The van der Waals surface area contributed by atoms with E-state index in [9.17, 15) is 0 Å². The van der Waals surface area contributed by atoms with Crippen molar-refractivity contribution in [2.75, 3.05) is 12.9 Å². The molecule has 1 heterocycles. The number of benzene rings is 2. The molecule has 20 heavy (non-hydrogen) atoms. The van der Waals surface area contributed by atoms with E-state index in [-0.39, 0.29) is 0 Å². The van der Waals surface area contributed by atoms with Crippen LogP contribution < -0.4 is 10.1 Å². The zero-order valence-corrected chi connectivity index (χ0v) is 12.8. The number of halogens is 1. The molecule has 2 nitrogen and oxygen atoms in total. The molecule has 0 amide bonds. The summed E-state index contributed by atoms with van der Waals surface area (Å²) in [6, 6.07) is 14.7. The van der Waals surface area contributed by atoms with E-state index in [1.54, 1.807) is 7.11 Å². The molecule has 1 atom stereocenters. The Hall–Kier alpha value is -1.16. The highest BCUT2D eigenvalue weighted by Crippen LogP contribution is 2.38. The fourth-order valence-electron chi connectivity index (χ4n) is 2.46. The molecular weight excluding hydrogens is 290 g/mol. The Labute approximate surface area is 128 Å². The molecule has 0 saturated heterocycles. The molecule has 2 aromatic carbocycles. The van der Waals surface area contributed by atoms with Gasteiger partial charge in [0.05, 0.1) is 7.11 Å². The summed E-state index contributed by atoms with van der Waals surface area (Å²) < 4.78 is 5.38. The second kappa shape index (κ2) is 6.08. The Bertz CT molecular complexity index is 617. The van der Waals surface area contributed by atoms with Crippen LogP contribution >= 0.6 is 23.4 Å². The first-order valence-electron chi connectivity index (χ1n) is 6.56. The van der Waals surface area contributed by atoms with Crippen molar-refractivity contribution in [1.82, 2.24) is 5.32 Å². The number of fused-ring (bicyclic) bond motifs is 1. The zero-order chi connectivity index (χ0) is 13.9. The molecule has 1 unspecified atom stereocenters. The Balaban J connectivity index is 1.75. The number of methoxy groups -OCH3 is 1. The summed E-state index contributed by atoms with van der Waals surface area (Å²) in [5.74, 6) is 1.90. The van der Waals surface area contributed by atoms with Gasteiger partial charge in [-0.1, -0.05) is 35.9 Å². The van der Waals surface area contributed by atoms with Crippen molar-refractivity contribution in [2.24, 2.45) is 0 Å². The van der Waals surface area contributed by atoms with Crippen molar-refractivity contribution in [3.63, 3.8) is 0 Å². The molecule has 0 fully saturated rings. The van der Waals surface area contributed by atoms with Gasteiger partial charge >= 0.3 is 0 Å².